The molecule has 0 atom stereocenters. The van der Waals surface area contributed by atoms with Crippen molar-refractivity contribution in [1.82, 2.24) is 19.9 Å². The number of anilines is 3. The number of nitrogens with zero attached hydrogens (tertiary/aromatic N) is 3. The summed E-state index contributed by atoms with van der Waals surface area (Å²) in [6.07, 6.45) is 5.37. The van der Waals surface area contributed by atoms with Gasteiger partial charge in [-0.25, -0.2) is 9.37 Å². The molecule has 2 aliphatic rings. The van der Waals surface area contributed by atoms with Crippen LogP contribution in [0.3, 0.4) is 0 Å². The van der Waals surface area contributed by atoms with Gasteiger partial charge in [-0.05, 0) is 59.7 Å². The minimum absolute atomic E-state index is 0.0228. The van der Waals surface area contributed by atoms with Crippen LogP contribution in [0, 0.1) is 9.39 Å². The summed E-state index contributed by atoms with van der Waals surface area (Å²) in [5, 5.41) is 13.1. The average Bonchev–Trinajstić information content (AvgIpc) is 3.34. The fourth-order valence-corrected chi connectivity index (χ4v) is 3.72. The van der Waals surface area contributed by atoms with Gasteiger partial charge in [0.2, 0.25) is 5.91 Å². The predicted octanol–water partition coefficient (Wildman–Crippen LogP) is 3.22. The Labute approximate surface area is 184 Å². The summed E-state index contributed by atoms with van der Waals surface area (Å²) in [5.74, 6) is 0.0336. The van der Waals surface area contributed by atoms with Gasteiger partial charge in [-0.3, -0.25) is 14.9 Å². The average molecular weight is 518 g/mol. The maximum absolute atomic E-state index is 14.2. The van der Waals surface area contributed by atoms with E-state index in [9.17, 15) is 14.0 Å². The number of amides is 2. The Kier molecular flexibility index (Phi) is 4.65. The lowest BCUT2D eigenvalue weighted by Gasteiger charge is -2.12. The van der Waals surface area contributed by atoms with E-state index < -0.39 is 5.91 Å². The Morgan fingerprint density at radius 1 is 1.27 bits per heavy atom. The van der Waals surface area contributed by atoms with Crippen molar-refractivity contribution in [3.63, 3.8) is 0 Å². The highest BCUT2D eigenvalue weighted by atomic mass is 127. The molecule has 1 aromatic carbocycles. The summed E-state index contributed by atoms with van der Waals surface area (Å²) < 4.78 is 16.8. The zero-order valence-corrected chi connectivity index (χ0v) is 17.7. The van der Waals surface area contributed by atoms with E-state index in [1.54, 1.807) is 35.0 Å². The van der Waals surface area contributed by atoms with Crippen molar-refractivity contribution in [1.29, 1.82) is 0 Å². The lowest BCUT2D eigenvalue weighted by atomic mass is 10.1. The Morgan fingerprint density at radius 2 is 2.10 bits per heavy atom. The van der Waals surface area contributed by atoms with Gasteiger partial charge < -0.3 is 10.6 Å². The molecule has 1 saturated heterocycles. The van der Waals surface area contributed by atoms with E-state index in [4.69, 9.17) is 0 Å². The highest BCUT2D eigenvalue weighted by Gasteiger charge is 2.25. The van der Waals surface area contributed by atoms with Gasteiger partial charge >= 0.3 is 0 Å². The molecule has 0 radical (unpaired) electrons. The molecule has 2 aromatic heterocycles. The molecule has 1 aliphatic heterocycles. The number of benzene rings is 1. The zero-order chi connectivity index (χ0) is 20.8. The standard InChI is InChI=1S/C20H16FIN6O2/c21-14-4-1-12(22)7-15(14)25-16-8-17(24-13-2-3-13)28-19(26-16)11(9-23-28)5-10-6-18(29)27-20(10)30/h1,4-5,7-9,13,24H,2-3,6H2,(H,25,26)(H,27,29,30)/b10-5+. The smallest absolute Gasteiger partial charge is 0.254 e. The van der Waals surface area contributed by atoms with E-state index in [1.807, 2.05) is 0 Å². The van der Waals surface area contributed by atoms with Crippen molar-refractivity contribution in [3.05, 3.63) is 51.0 Å². The van der Waals surface area contributed by atoms with Gasteiger partial charge in [-0.15, -0.1) is 0 Å². The predicted molar refractivity (Wildman–Crippen MR) is 118 cm³/mol. The molecule has 5 rings (SSSR count). The fraction of sp³-hybridized carbons (Fsp3) is 0.200. The number of imide groups is 1. The van der Waals surface area contributed by atoms with Crippen molar-refractivity contribution >= 4 is 63.5 Å². The quantitative estimate of drug-likeness (QED) is 0.273. The molecule has 3 aromatic rings. The van der Waals surface area contributed by atoms with Gasteiger partial charge in [0.05, 0.1) is 18.3 Å². The summed E-state index contributed by atoms with van der Waals surface area (Å²) in [7, 11) is 0. The summed E-state index contributed by atoms with van der Waals surface area (Å²) in [5.41, 5.74) is 1.76. The summed E-state index contributed by atoms with van der Waals surface area (Å²) in [4.78, 5) is 28.0. The number of halogens is 2. The van der Waals surface area contributed by atoms with Crippen molar-refractivity contribution in [3.8, 4) is 0 Å². The monoisotopic (exact) mass is 518 g/mol. The minimum atomic E-state index is -0.411. The molecule has 1 aliphatic carbocycles. The molecule has 0 unspecified atom stereocenters. The molecule has 0 bridgehead atoms. The molecular weight excluding hydrogens is 502 g/mol. The second-order valence-electron chi connectivity index (χ2n) is 7.25. The highest BCUT2D eigenvalue weighted by molar-refractivity contribution is 14.1. The van der Waals surface area contributed by atoms with E-state index in [-0.39, 0.29) is 18.1 Å². The Morgan fingerprint density at radius 3 is 2.83 bits per heavy atom. The van der Waals surface area contributed by atoms with Crippen LogP contribution in [0.15, 0.2) is 36.0 Å². The summed E-state index contributed by atoms with van der Waals surface area (Å²) in [6.45, 7) is 0. The van der Waals surface area contributed by atoms with Crippen LogP contribution in [0.1, 0.15) is 24.8 Å². The molecule has 3 heterocycles. The SMILES string of the molecule is O=C1C/C(=C\c2cnn3c(NC4CC4)cc(Nc4cc(I)ccc4F)nc23)C(=O)N1. The third kappa shape index (κ3) is 3.74. The second kappa shape index (κ2) is 7.35. The summed E-state index contributed by atoms with van der Waals surface area (Å²) >= 11 is 2.12. The first kappa shape index (κ1) is 19.0. The number of rotatable bonds is 5. The number of hydrogen-bond acceptors (Lipinski definition) is 6. The first-order chi connectivity index (χ1) is 14.5. The first-order valence-electron chi connectivity index (χ1n) is 9.38. The third-order valence-corrected chi connectivity index (χ3v) is 5.52. The van der Waals surface area contributed by atoms with Crippen LogP contribution in [-0.2, 0) is 9.59 Å². The Balaban J connectivity index is 1.59. The zero-order valence-electron chi connectivity index (χ0n) is 15.6. The van der Waals surface area contributed by atoms with E-state index >= 15 is 0 Å². The minimum Gasteiger partial charge on any atom is -0.367 e. The molecule has 1 saturated carbocycles. The Hall–Kier alpha value is -3.02. The van der Waals surface area contributed by atoms with Crippen LogP contribution in [0.2, 0.25) is 0 Å². The van der Waals surface area contributed by atoms with Crippen molar-refractivity contribution in [2.45, 2.75) is 25.3 Å². The normalized spacial score (nSPS) is 17.6. The lowest BCUT2D eigenvalue weighted by Crippen LogP contribution is -2.19. The molecule has 2 fully saturated rings. The molecule has 0 spiro atoms. The molecule has 152 valence electrons. The van der Waals surface area contributed by atoms with Crippen molar-refractivity contribution in [2.24, 2.45) is 0 Å². The number of carbonyl (C=O) groups excluding carboxylic acids is 2. The largest absolute Gasteiger partial charge is 0.367 e. The van der Waals surface area contributed by atoms with Gasteiger partial charge in [-0.2, -0.15) is 9.61 Å². The fourth-order valence-electron chi connectivity index (χ4n) is 3.23. The van der Waals surface area contributed by atoms with E-state index in [1.165, 1.54) is 6.07 Å². The van der Waals surface area contributed by atoms with Crippen LogP contribution in [0.5, 0.6) is 0 Å². The topological polar surface area (TPSA) is 100 Å². The molecule has 30 heavy (non-hydrogen) atoms. The third-order valence-electron chi connectivity index (χ3n) is 4.84. The maximum atomic E-state index is 14.2. The van der Waals surface area contributed by atoms with Crippen molar-refractivity contribution in [2.75, 3.05) is 10.6 Å². The van der Waals surface area contributed by atoms with E-state index in [0.717, 1.165) is 16.4 Å². The molecule has 2 amide bonds. The van der Waals surface area contributed by atoms with Crippen LogP contribution in [0.25, 0.3) is 11.7 Å². The van der Waals surface area contributed by atoms with Gasteiger partial charge in [0.25, 0.3) is 5.91 Å². The van der Waals surface area contributed by atoms with Gasteiger partial charge in [0.15, 0.2) is 5.65 Å². The number of nitrogens with one attached hydrogen (secondary N) is 3. The number of fused-ring (bicyclic) bond motifs is 1. The molecule has 3 N–H and O–H groups in total. The van der Waals surface area contributed by atoms with Crippen LogP contribution >= 0.6 is 22.6 Å². The number of hydrogen-bond donors (Lipinski definition) is 3. The second-order valence-corrected chi connectivity index (χ2v) is 8.50. The van der Waals surface area contributed by atoms with Gasteiger partial charge in [0, 0.05) is 26.8 Å². The van der Waals surface area contributed by atoms with Gasteiger partial charge in [-0.1, -0.05) is 0 Å². The molecule has 10 heteroatoms. The maximum Gasteiger partial charge on any atom is 0.254 e. The van der Waals surface area contributed by atoms with Gasteiger partial charge in [0.1, 0.15) is 17.5 Å². The molecular formula is C20H16FIN6O2. The first-order valence-corrected chi connectivity index (χ1v) is 10.5. The number of carbonyl (C=O) groups is 2. The van der Waals surface area contributed by atoms with Crippen LogP contribution < -0.4 is 16.0 Å². The Bertz CT molecular complexity index is 1230. The molecule has 8 nitrogen and oxygen atoms in total. The van der Waals surface area contributed by atoms with Crippen LogP contribution in [-0.4, -0.2) is 32.5 Å². The van der Waals surface area contributed by atoms with Crippen molar-refractivity contribution < 1.29 is 14.0 Å². The summed E-state index contributed by atoms with van der Waals surface area (Å²) in [6, 6.07) is 6.93. The van der Waals surface area contributed by atoms with E-state index in [0.29, 0.717) is 40.1 Å². The lowest BCUT2D eigenvalue weighted by molar-refractivity contribution is -0.124. The van der Waals surface area contributed by atoms with Crippen LogP contribution in [0.4, 0.5) is 21.7 Å². The highest BCUT2D eigenvalue weighted by Crippen LogP contribution is 2.29. The number of aromatic nitrogens is 3. The van der Waals surface area contributed by atoms with E-state index in [2.05, 4.69) is 48.6 Å².